The molecule has 1 heterocycles. The van der Waals surface area contributed by atoms with Crippen molar-refractivity contribution in [3.8, 4) is 0 Å². The van der Waals surface area contributed by atoms with Crippen LogP contribution in [0, 0.1) is 13.8 Å². The lowest BCUT2D eigenvalue weighted by atomic mass is 9.75. The van der Waals surface area contributed by atoms with Crippen LogP contribution in [-0.2, 0) is 5.41 Å². The van der Waals surface area contributed by atoms with E-state index in [2.05, 4.69) is 114 Å². The molecule has 1 atom stereocenters. The number of aryl methyl sites for hydroxylation is 2. The van der Waals surface area contributed by atoms with Crippen LogP contribution in [0.25, 0.3) is 0 Å². The van der Waals surface area contributed by atoms with Gasteiger partial charge in [-0.1, -0.05) is 56.5 Å². The second kappa shape index (κ2) is 9.57. The summed E-state index contributed by atoms with van der Waals surface area (Å²) in [6.07, 6.45) is 6.49. The Bertz CT molecular complexity index is 1060. The first kappa shape index (κ1) is 24.2. The van der Waals surface area contributed by atoms with Gasteiger partial charge in [0.05, 0.1) is 6.92 Å². The largest absolute Gasteiger partial charge is 0.467 e. The highest BCUT2D eigenvalue weighted by Gasteiger charge is 2.49. The average Bonchev–Trinajstić information content (AvgIpc) is 2.80. The highest BCUT2D eigenvalue weighted by Crippen LogP contribution is 2.37. The molecule has 0 amide bonds. The maximum absolute atomic E-state index is 3.97. The number of hydrogen-bond donors (Lipinski definition) is 0. The topological polar surface area (TPSA) is 6.02 Å². The van der Waals surface area contributed by atoms with Crippen molar-refractivity contribution in [1.82, 2.24) is 0 Å². The Hall–Kier alpha value is -2.48. The van der Waals surface area contributed by atoms with Crippen molar-refractivity contribution < 1.29 is 9.15 Å². The Kier molecular flexibility index (Phi) is 7.22. The third-order valence-electron chi connectivity index (χ3n) is 7.87. The second-order valence-electron chi connectivity index (χ2n) is 9.71. The highest BCUT2D eigenvalue weighted by atomic mass is 15.3. The van der Waals surface area contributed by atoms with E-state index >= 15 is 0 Å². The molecule has 2 heteroatoms. The first-order valence-corrected chi connectivity index (χ1v) is 12.3. The molecule has 0 aliphatic carbocycles. The normalized spacial score (nSPS) is 15.1. The zero-order valence-corrected chi connectivity index (χ0v) is 21.5. The van der Waals surface area contributed by atoms with Gasteiger partial charge in [0, 0.05) is 11.1 Å². The maximum atomic E-state index is 3.97. The van der Waals surface area contributed by atoms with E-state index in [1.54, 1.807) is 0 Å². The first-order chi connectivity index (χ1) is 15.2. The fraction of sp³-hybridized carbons (Fsp3) is 0.467. The molecule has 32 heavy (non-hydrogen) atoms. The van der Waals surface area contributed by atoms with Gasteiger partial charge in [-0.05, 0) is 84.8 Å². The molecule has 3 rings (SSSR count). The second-order valence-corrected chi connectivity index (χ2v) is 9.71. The number of benzene rings is 2. The van der Waals surface area contributed by atoms with Gasteiger partial charge in [0.15, 0.2) is 7.05 Å². The van der Waals surface area contributed by atoms with Crippen molar-refractivity contribution in [3.63, 3.8) is 0 Å². The molecule has 1 unspecified atom stereocenters. The summed E-state index contributed by atoms with van der Waals surface area (Å²) in [4.78, 5) is 0. The Morgan fingerprint density at radius 2 is 1.59 bits per heavy atom. The third-order valence-corrected chi connectivity index (χ3v) is 7.87. The molecular weight excluding hydrogens is 388 g/mol. The molecule has 0 bridgehead atoms. The van der Waals surface area contributed by atoms with Gasteiger partial charge < -0.3 is 0 Å². The Balaban J connectivity index is 2.21. The van der Waals surface area contributed by atoms with Crippen LogP contribution in [0.15, 0.2) is 49.1 Å². The van der Waals surface area contributed by atoms with E-state index in [9.17, 15) is 0 Å². The molecule has 2 aromatic carbocycles. The van der Waals surface area contributed by atoms with Crippen LogP contribution in [-0.4, -0.2) is 27.9 Å². The fourth-order valence-electron chi connectivity index (χ4n) is 5.28. The monoisotopic (exact) mass is 430 g/mol. The van der Waals surface area contributed by atoms with Crippen LogP contribution in [0.2, 0.25) is 0 Å². The third kappa shape index (κ3) is 4.00. The van der Waals surface area contributed by atoms with Crippen molar-refractivity contribution in [3.05, 3.63) is 76.9 Å². The molecule has 0 aromatic heterocycles. The molecule has 0 saturated heterocycles. The summed E-state index contributed by atoms with van der Waals surface area (Å²) in [6.45, 7) is 20.0. The lowest BCUT2D eigenvalue weighted by molar-refractivity contribution is -0.562. The predicted octanol–water partition coefficient (Wildman–Crippen LogP) is 7.62. The summed E-state index contributed by atoms with van der Waals surface area (Å²) in [5, 5.41) is 0. The smallest absolute Gasteiger partial charge is 0.103 e. The van der Waals surface area contributed by atoms with E-state index in [1.165, 1.54) is 45.2 Å². The summed E-state index contributed by atoms with van der Waals surface area (Å²) in [5.41, 5.74) is 8.44. The van der Waals surface area contributed by atoms with Crippen molar-refractivity contribution >= 4 is 17.4 Å². The standard InChI is InChI=1S/C30H42N2/c1-10-16-24(11-2)25-19-21(5)28(22(6)20-25)32-23(7)31(9)29(32)26-17-14-15-18-27(26)30(8,12-3)13-4/h10,14-15,17-20,24H,1,11-13,16H2,2-9H3/q+2. The van der Waals surface area contributed by atoms with Crippen LogP contribution in [0.5, 0.6) is 0 Å². The number of allylic oxidation sites excluding steroid dienone is 1. The summed E-state index contributed by atoms with van der Waals surface area (Å²) in [5.74, 6) is 3.12. The summed E-state index contributed by atoms with van der Waals surface area (Å²) in [7, 11) is 2.20. The molecule has 2 aromatic rings. The molecule has 0 fully saturated rings. The zero-order valence-electron chi connectivity index (χ0n) is 21.5. The van der Waals surface area contributed by atoms with Crippen molar-refractivity contribution in [2.45, 2.75) is 85.5 Å². The minimum absolute atomic E-state index is 0.173. The Morgan fingerprint density at radius 1 is 1.00 bits per heavy atom. The predicted molar refractivity (Wildman–Crippen MR) is 139 cm³/mol. The quantitative estimate of drug-likeness (QED) is 0.285. The summed E-state index contributed by atoms with van der Waals surface area (Å²) in [6, 6.07) is 13.8. The fourth-order valence-corrected chi connectivity index (χ4v) is 5.28. The van der Waals surface area contributed by atoms with Crippen LogP contribution in [0.1, 0.15) is 94.0 Å². The van der Waals surface area contributed by atoms with E-state index in [0.717, 1.165) is 25.7 Å². The van der Waals surface area contributed by atoms with E-state index in [1.807, 2.05) is 0 Å². The van der Waals surface area contributed by atoms with Gasteiger partial charge in [0.2, 0.25) is 5.69 Å². The molecule has 0 spiro atoms. The molecule has 0 radical (unpaired) electrons. The summed E-state index contributed by atoms with van der Waals surface area (Å²) >= 11 is 0. The SMILES string of the molecule is C=CCC(CC)c1cc(C)c([N+]2=C(c3ccccc3C(C)(CC)CC)[N+](C)=C2C)c(C)c1. The Morgan fingerprint density at radius 3 is 2.12 bits per heavy atom. The molecule has 2 nitrogen and oxygen atoms in total. The molecular formula is C30H42N2+2. The van der Waals surface area contributed by atoms with Crippen molar-refractivity contribution in [2.75, 3.05) is 7.05 Å². The van der Waals surface area contributed by atoms with E-state index in [0.29, 0.717) is 5.92 Å². The average molecular weight is 431 g/mol. The van der Waals surface area contributed by atoms with Gasteiger partial charge in [-0.15, -0.1) is 6.58 Å². The number of nitrogens with zero attached hydrogens (tertiary/aromatic N) is 2. The molecule has 0 saturated carbocycles. The van der Waals surface area contributed by atoms with Crippen molar-refractivity contribution in [1.29, 1.82) is 0 Å². The highest BCUT2D eigenvalue weighted by molar-refractivity contribution is 6.02. The van der Waals surface area contributed by atoms with Crippen LogP contribution < -0.4 is 0 Å². The van der Waals surface area contributed by atoms with Gasteiger partial charge in [-0.25, -0.2) is 0 Å². The van der Waals surface area contributed by atoms with Crippen LogP contribution >= 0.6 is 0 Å². The lowest BCUT2D eigenvalue weighted by Crippen LogP contribution is -2.47. The maximum Gasteiger partial charge on any atom is 0.467 e. The lowest BCUT2D eigenvalue weighted by Gasteiger charge is -2.29. The van der Waals surface area contributed by atoms with Gasteiger partial charge in [-0.3, -0.25) is 0 Å². The van der Waals surface area contributed by atoms with E-state index < -0.39 is 0 Å². The minimum atomic E-state index is 0.173. The zero-order chi connectivity index (χ0) is 23.6. The molecule has 1 aliphatic heterocycles. The number of hydrogen-bond acceptors (Lipinski definition) is 0. The van der Waals surface area contributed by atoms with Crippen LogP contribution in [0.3, 0.4) is 0 Å². The molecule has 0 N–H and O–H groups in total. The van der Waals surface area contributed by atoms with Gasteiger partial charge >= 0.3 is 11.7 Å². The minimum Gasteiger partial charge on any atom is -0.103 e. The first-order valence-electron chi connectivity index (χ1n) is 12.3. The van der Waals surface area contributed by atoms with Gasteiger partial charge in [-0.2, -0.15) is 0 Å². The van der Waals surface area contributed by atoms with Crippen molar-refractivity contribution in [2.24, 2.45) is 0 Å². The number of amidine groups is 2. The van der Waals surface area contributed by atoms with Gasteiger partial charge in [0.25, 0.3) is 0 Å². The van der Waals surface area contributed by atoms with E-state index in [-0.39, 0.29) is 5.41 Å². The summed E-state index contributed by atoms with van der Waals surface area (Å²) < 4.78 is 4.83. The van der Waals surface area contributed by atoms with E-state index in [4.69, 9.17) is 0 Å². The van der Waals surface area contributed by atoms with Gasteiger partial charge in [0.1, 0.15) is 5.56 Å². The van der Waals surface area contributed by atoms with Crippen LogP contribution in [0.4, 0.5) is 5.69 Å². The number of rotatable bonds is 9. The Labute approximate surface area is 196 Å². The molecule has 170 valence electrons. The molecule has 1 aliphatic rings.